The summed E-state index contributed by atoms with van der Waals surface area (Å²) in [6.07, 6.45) is 1.88. The molecule has 1 aromatic heterocycles. The summed E-state index contributed by atoms with van der Waals surface area (Å²) in [7, 11) is 0. The van der Waals surface area contributed by atoms with Crippen molar-refractivity contribution >= 4 is 34.8 Å². The molecule has 0 saturated heterocycles. The highest BCUT2D eigenvalue weighted by atomic mass is 35.5. The van der Waals surface area contributed by atoms with E-state index in [-0.39, 0.29) is 0 Å². The Morgan fingerprint density at radius 3 is 2.44 bits per heavy atom. The Labute approximate surface area is 121 Å². The van der Waals surface area contributed by atoms with Crippen LogP contribution in [-0.4, -0.2) is 9.97 Å². The second-order valence-electron chi connectivity index (χ2n) is 3.88. The van der Waals surface area contributed by atoms with Crippen molar-refractivity contribution < 1.29 is 0 Å². The third kappa shape index (κ3) is 3.14. The van der Waals surface area contributed by atoms with Crippen LogP contribution >= 0.6 is 34.8 Å². The van der Waals surface area contributed by atoms with Crippen molar-refractivity contribution in [3.8, 4) is 11.4 Å². The molecule has 94 valence electrons. The van der Waals surface area contributed by atoms with Crippen molar-refractivity contribution in [2.24, 2.45) is 0 Å². The molecule has 0 atom stereocenters. The number of aryl methyl sites for hydroxylation is 1. The largest absolute Gasteiger partial charge is 0.233 e. The van der Waals surface area contributed by atoms with Crippen LogP contribution in [0.15, 0.2) is 24.3 Å². The fraction of sp³-hybridized carbons (Fsp3) is 0.231. The number of halogens is 3. The molecule has 0 radical (unpaired) electrons. The lowest BCUT2D eigenvalue weighted by molar-refractivity contribution is 0.875. The van der Waals surface area contributed by atoms with E-state index in [2.05, 4.69) is 16.9 Å². The van der Waals surface area contributed by atoms with Crippen molar-refractivity contribution in [1.82, 2.24) is 9.97 Å². The minimum atomic E-state index is 0.439. The number of hydrogen-bond acceptors (Lipinski definition) is 2. The molecule has 0 bridgehead atoms. The average Bonchev–Trinajstić information content (AvgIpc) is 2.32. The van der Waals surface area contributed by atoms with Gasteiger partial charge >= 0.3 is 0 Å². The van der Waals surface area contributed by atoms with Gasteiger partial charge in [0.05, 0.1) is 10.0 Å². The van der Waals surface area contributed by atoms with Crippen LogP contribution < -0.4 is 0 Å². The Bertz CT molecular complexity index is 570. The Hall–Kier alpha value is -0.830. The zero-order chi connectivity index (χ0) is 13.1. The predicted molar refractivity (Wildman–Crippen MR) is 76.5 cm³/mol. The second-order valence-corrected chi connectivity index (χ2v) is 5.09. The normalized spacial score (nSPS) is 10.7. The molecule has 18 heavy (non-hydrogen) atoms. The standard InChI is InChI=1S/C13H11Cl3N2/c1-2-3-9-7-12(16)18-13(17-9)8-4-5-10(14)11(15)6-8/h4-7H,2-3H2,1H3. The zero-order valence-corrected chi connectivity index (χ0v) is 12.0. The molecule has 0 aliphatic rings. The molecule has 2 aromatic rings. The van der Waals surface area contributed by atoms with Crippen LogP contribution in [0.5, 0.6) is 0 Å². The van der Waals surface area contributed by atoms with Crippen LogP contribution in [0.25, 0.3) is 11.4 Å². The number of nitrogens with zero attached hydrogens (tertiary/aromatic N) is 2. The van der Waals surface area contributed by atoms with Crippen molar-refractivity contribution in [1.29, 1.82) is 0 Å². The van der Waals surface area contributed by atoms with Gasteiger partial charge in [-0.2, -0.15) is 0 Å². The Morgan fingerprint density at radius 2 is 1.78 bits per heavy atom. The molecule has 2 rings (SSSR count). The van der Waals surface area contributed by atoms with Gasteiger partial charge in [-0.3, -0.25) is 0 Å². The van der Waals surface area contributed by atoms with Gasteiger partial charge in [0.15, 0.2) is 5.82 Å². The summed E-state index contributed by atoms with van der Waals surface area (Å²) in [5.41, 5.74) is 1.74. The first-order valence-electron chi connectivity index (χ1n) is 5.59. The quantitative estimate of drug-likeness (QED) is 0.741. The number of hydrogen-bond donors (Lipinski definition) is 0. The second kappa shape index (κ2) is 5.87. The van der Waals surface area contributed by atoms with Crippen LogP contribution in [-0.2, 0) is 6.42 Å². The Morgan fingerprint density at radius 1 is 1.00 bits per heavy atom. The topological polar surface area (TPSA) is 25.8 Å². The van der Waals surface area contributed by atoms with E-state index in [0.29, 0.717) is 21.0 Å². The highest BCUT2D eigenvalue weighted by molar-refractivity contribution is 6.42. The maximum Gasteiger partial charge on any atom is 0.161 e. The monoisotopic (exact) mass is 300 g/mol. The van der Waals surface area contributed by atoms with Gasteiger partial charge in [-0.05, 0) is 30.7 Å². The van der Waals surface area contributed by atoms with Gasteiger partial charge in [-0.15, -0.1) is 0 Å². The highest BCUT2D eigenvalue weighted by Crippen LogP contribution is 2.27. The van der Waals surface area contributed by atoms with E-state index in [9.17, 15) is 0 Å². The van der Waals surface area contributed by atoms with E-state index < -0.39 is 0 Å². The summed E-state index contributed by atoms with van der Waals surface area (Å²) in [5, 5.41) is 1.43. The lowest BCUT2D eigenvalue weighted by atomic mass is 10.2. The number of rotatable bonds is 3. The number of benzene rings is 1. The third-order valence-electron chi connectivity index (χ3n) is 2.43. The van der Waals surface area contributed by atoms with Crippen LogP contribution in [0.2, 0.25) is 15.2 Å². The summed E-state index contributed by atoms with van der Waals surface area (Å²) >= 11 is 17.9. The van der Waals surface area contributed by atoms with Gasteiger partial charge < -0.3 is 0 Å². The van der Waals surface area contributed by atoms with E-state index >= 15 is 0 Å². The minimum Gasteiger partial charge on any atom is -0.233 e. The first kappa shape index (κ1) is 13.6. The Balaban J connectivity index is 2.46. The van der Waals surface area contributed by atoms with E-state index in [1.807, 2.05) is 6.07 Å². The molecule has 0 saturated carbocycles. The van der Waals surface area contributed by atoms with Crippen LogP contribution in [0.1, 0.15) is 19.0 Å². The van der Waals surface area contributed by atoms with E-state index in [1.165, 1.54) is 0 Å². The average molecular weight is 302 g/mol. The smallest absolute Gasteiger partial charge is 0.161 e. The molecule has 1 aromatic carbocycles. The first-order chi connectivity index (χ1) is 8.60. The van der Waals surface area contributed by atoms with Crippen molar-refractivity contribution in [2.45, 2.75) is 19.8 Å². The van der Waals surface area contributed by atoms with E-state index in [4.69, 9.17) is 34.8 Å². The molecule has 1 heterocycles. The summed E-state index contributed by atoms with van der Waals surface area (Å²) in [4.78, 5) is 8.68. The van der Waals surface area contributed by atoms with Crippen molar-refractivity contribution in [3.63, 3.8) is 0 Å². The molecule has 0 aliphatic heterocycles. The molecule has 5 heteroatoms. The maximum atomic E-state index is 6.00. The van der Waals surface area contributed by atoms with E-state index in [0.717, 1.165) is 24.1 Å². The zero-order valence-electron chi connectivity index (χ0n) is 9.75. The fourth-order valence-electron chi connectivity index (χ4n) is 1.61. The van der Waals surface area contributed by atoms with Crippen LogP contribution in [0.4, 0.5) is 0 Å². The van der Waals surface area contributed by atoms with Crippen molar-refractivity contribution in [2.75, 3.05) is 0 Å². The molecular formula is C13H11Cl3N2. The number of aromatic nitrogens is 2. The van der Waals surface area contributed by atoms with Crippen LogP contribution in [0, 0.1) is 0 Å². The summed E-state index contributed by atoms with van der Waals surface area (Å²) in [5.74, 6) is 0.574. The summed E-state index contributed by atoms with van der Waals surface area (Å²) in [6, 6.07) is 7.08. The highest BCUT2D eigenvalue weighted by Gasteiger charge is 2.07. The molecule has 2 nitrogen and oxygen atoms in total. The van der Waals surface area contributed by atoms with Gasteiger partial charge in [-0.1, -0.05) is 48.1 Å². The van der Waals surface area contributed by atoms with Gasteiger partial charge in [0.25, 0.3) is 0 Å². The van der Waals surface area contributed by atoms with E-state index in [1.54, 1.807) is 18.2 Å². The molecule has 0 unspecified atom stereocenters. The maximum absolute atomic E-state index is 6.00. The summed E-state index contributed by atoms with van der Waals surface area (Å²) < 4.78 is 0. The van der Waals surface area contributed by atoms with Crippen LogP contribution in [0.3, 0.4) is 0 Å². The molecule has 0 aliphatic carbocycles. The minimum absolute atomic E-state index is 0.439. The molecule has 0 fully saturated rings. The van der Waals surface area contributed by atoms with Gasteiger partial charge in [0.1, 0.15) is 5.15 Å². The van der Waals surface area contributed by atoms with Gasteiger partial charge in [0, 0.05) is 11.3 Å². The van der Waals surface area contributed by atoms with Gasteiger partial charge in [-0.25, -0.2) is 9.97 Å². The first-order valence-corrected chi connectivity index (χ1v) is 6.72. The third-order valence-corrected chi connectivity index (χ3v) is 3.36. The molecule has 0 spiro atoms. The summed E-state index contributed by atoms with van der Waals surface area (Å²) in [6.45, 7) is 2.09. The molecular weight excluding hydrogens is 291 g/mol. The molecule has 0 amide bonds. The molecule has 0 N–H and O–H groups in total. The fourth-order valence-corrected chi connectivity index (χ4v) is 2.12. The lowest BCUT2D eigenvalue weighted by Crippen LogP contribution is -1.96. The SMILES string of the molecule is CCCc1cc(Cl)nc(-c2ccc(Cl)c(Cl)c2)n1. The lowest BCUT2D eigenvalue weighted by Gasteiger charge is -2.05. The predicted octanol–water partition coefficient (Wildman–Crippen LogP) is 5.06. The van der Waals surface area contributed by atoms with Crippen molar-refractivity contribution in [3.05, 3.63) is 45.2 Å². The van der Waals surface area contributed by atoms with Gasteiger partial charge in [0.2, 0.25) is 0 Å². The Kier molecular flexibility index (Phi) is 4.44.